The first-order chi connectivity index (χ1) is 11.6. The third-order valence-corrected chi connectivity index (χ3v) is 4.44. The number of hydrogen-bond donors (Lipinski definition) is 3. The number of aromatic nitrogens is 2. The van der Waals surface area contributed by atoms with Gasteiger partial charge in [0.2, 0.25) is 0 Å². The van der Waals surface area contributed by atoms with Gasteiger partial charge < -0.3 is 20.3 Å². The number of hydrogen-bond acceptors (Lipinski definition) is 3. The fourth-order valence-corrected chi connectivity index (χ4v) is 3.02. The molecule has 0 radical (unpaired) electrons. The number of carboxylic acids is 1. The number of carboxylic acid groups (broad SMARTS) is 1. The van der Waals surface area contributed by atoms with Crippen molar-refractivity contribution in [1.82, 2.24) is 20.2 Å². The first-order valence-electron chi connectivity index (χ1n) is 8.32. The van der Waals surface area contributed by atoms with Crippen LogP contribution in [0.2, 0.25) is 0 Å². The number of para-hydroxylation sites is 2. The molecule has 3 N–H and O–H groups in total. The minimum absolute atomic E-state index is 0.108. The Hall–Kier alpha value is -2.57. The summed E-state index contributed by atoms with van der Waals surface area (Å²) in [6.07, 6.45) is 2.64. The first-order valence-corrected chi connectivity index (χ1v) is 8.32. The monoisotopic (exact) mass is 330 g/mol. The van der Waals surface area contributed by atoms with Gasteiger partial charge in [0.25, 0.3) is 0 Å². The molecule has 0 unspecified atom stereocenters. The SMILES string of the molecule is O=C(O)C1CCN(C(=O)NCCCc2nc3ccccc3[nH]2)CC1. The molecule has 1 fully saturated rings. The van der Waals surface area contributed by atoms with Crippen LogP contribution >= 0.6 is 0 Å². The number of likely N-dealkylation sites (tertiary alicyclic amines) is 1. The second kappa shape index (κ2) is 7.33. The van der Waals surface area contributed by atoms with Crippen LogP contribution in [0.4, 0.5) is 4.79 Å². The summed E-state index contributed by atoms with van der Waals surface area (Å²) in [7, 11) is 0. The number of fused-ring (bicyclic) bond motifs is 1. The number of imidazole rings is 1. The van der Waals surface area contributed by atoms with Crippen molar-refractivity contribution in [3.8, 4) is 0 Å². The van der Waals surface area contributed by atoms with Gasteiger partial charge >= 0.3 is 12.0 Å². The molecular weight excluding hydrogens is 308 g/mol. The third kappa shape index (κ3) is 3.84. The fourth-order valence-electron chi connectivity index (χ4n) is 3.02. The van der Waals surface area contributed by atoms with Crippen LogP contribution in [0.15, 0.2) is 24.3 Å². The number of H-pyrrole nitrogens is 1. The van der Waals surface area contributed by atoms with Gasteiger partial charge in [0.05, 0.1) is 17.0 Å². The highest BCUT2D eigenvalue weighted by Crippen LogP contribution is 2.17. The van der Waals surface area contributed by atoms with Crippen molar-refractivity contribution in [1.29, 1.82) is 0 Å². The van der Waals surface area contributed by atoms with E-state index in [1.54, 1.807) is 4.90 Å². The molecule has 0 spiro atoms. The number of nitrogens with one attached hydrogen (secondary N) is 2. The van der Waals surface area contributed by atoms with Crippen LogP contribution in [0.25, 0.3) is 11.0 Å². The van der Waals surface area contributed by atoms with Gasteiger partial charge in [-0.25, -0.2) is 9.78 Å². The Kier molecular flexibility index (Phi) is 4.98. The van der Waals surface area contributed by atoms with Crippen molar-refractivity contribution >= 4 is 23.0 Å². The van der Waals surface area contributed by atoms with E-state index in [0.29, 0.717) is 32.5 Å². The smallest absolute Gasteiger partial charge is 0.317 e. The van der Waals surface area contributed by atoms with Crippen molar-refractivity contribution < 1.29 is 14.7 Å². The lowest BCUT2D eigenvalue weighted by Crippen LogP contribution is -2.45. The normalized spacial score (nSPS) is 15.6. The summed E-state index contributed by atoms with van der Waals surface area (Å²) in [5.41, 5.74) is 1.98. The summed E-state index contributed by atoms with van der Waals surface area (Å²) in [5, 5.41) is 11.9. The second-order valence-electron chi connectivity index (χ2n) is 6.14. The first kappa shape index (κ1) is 16.3. The summed E-state index contributed by atoms with van der Waals surface area (Å²) in [4.78, 5) is 32.5. The number of rotatable bonds is 5. The van der Waals surface area contributed by atoms with Gasteiger partial charge in [0.1, 0.15) is 5.82 Å². The van der Waals surface area contributed by atoms with Crippen LogP contribution in [-0.4, -0.2) is 51.6 Å². The molecular formula is C17H22N4O3. The average Bonchev–Trinajstić information content (AvgIpc) is 3.01. The third-order valence-electron chi connectivity index (χ3n) is 4.44. The van der Waals surface area contributed by atoms with Crippen LogP contribution in [0.1, 0.15) is 25.1 Å². The Balaban J connectivity index is 1.38. The Bertz CT molecular complexity index is 686. The number of piperidine rings is 1. The molecule has 3 rings (SSSR count). The molecule has 0 aliphatic carbocycles. The summed E-state index contributed by atoms with van der Waals surface area (Å²) in [6, 6.07) is 7.79. The molecule has 1 aliphatic heterocycles. The maximum absolute atomic E-state index is 12.1. The molecule has 0 bridgehead atoms. The molecule has 1 aliphatic rings. The van der Waals surface area contributed by atoms with Gasteiger partial charge in [-0.15, -0.1) is 0 Å². The number of carbonyl (C=O) groups is 2. The Morgan fingerprint density at radius 2 is 2.04 bits per heavy atom. The summed E-state index contributed by atoms with van der Waals surface area (Å²) in [5.74, 6) is -0.157. The van der Waals surface area contributed by atoms with Crippen molar-refractivity contribution in [2.75, 3.05) is 19.6 Å². The van der Waals surface area contributed by atoms with Crippen molar-refractivity contribution in [3.05, 3.63) is 30.1 Å². The standard InChI is InChI=1S/C17H22N4O3/c22-16(23)12-7-10-21(11-8-12)17(24)18-9-3-6-15-19-13-4-1-2-5-14(13)20-15/h1-2,4-5,12H,3,6-11H2,(H,18,24)(H,19,20)(H,22,23). The highest BCUT2D eigenvalue weighted by atomic mass is 16.4. The molecule has 1 saturated heterocycles. The van der Waals surface area contributed by atoms with E-state index in [1.807, 2.05) is 24.3 Å². The van der Waals surface area contributed by atoms with E-state index >= 15 is 0 Å². The summed E-state index contributed by atoms with van der Waals surface area (Å²) >= 11 is 0. The number of urea groups is 1. The van der Waals surface area contributed by atoms with Crippen molar-refractivity contribution in [3.63, 3.8) is 0 Å². The number of nitrogens with zero attached hydrogens (tertiary/aromatic N) is 2. The van der Waals surface area contributed by atoms with Crippen LogP contribution in [-0.2, 0) is 11.2 Å². The molecule has 2 amide bonds. The van der Waals surface area contributed by atoms with E-state index in [0.717, 1.165) is 29.7 Å². The zero-order valence-corrected chi connectivity index (χ0v) is 13.5. The minimum atomic E-state index is -0.763. The van der Waals surface area contributed by atoms with Gasteiger partial charge in [-0.1, -0.05) is 12.1 Å². The highest BCUT2D eigenvalue weighted by Gasteiger charge is 2.26. The lowest BCUT2D eigenvalue weighted by molar-refractivity contribution is -0.143. The van der Waals surface area contributed by atoms with Crippen molar-refractivity contribution in [2.24, 2.45) is 5.92 Å². The molecule has 24 heavy (non-hydrogen) atoms. The van der Waals surface area contributed by atoms with Gasteiger partial charge in [0, 0.05) is 26.1 Å². The van der Waals surface area contributed by atoms with E-state index < -0.39 is 5.97 Å². The fraction of sp³-hybridized carbons (Fsp3) is 0.471. The van der Waals surface area contributed by atoms with Crippen LogP contribution < -0.4 is 5.32 Å². The van der Waals surface area contributed by atoms with E-state index in [9.17, 15) is 9.59 Å². The zero-order chi connectivity index (χ0) is 16.9. The molecule has 0 atom stereocenters. The molecule has 1 aromatic carbocycles. The van der Waals surface area contributed by atoms with Crippen LogP contribution in [0.3, 0.4) is 0 Å². The lowest BCUT2D eigenvalue weighted by Gasteiger charge is -2.30. The van der Waals surface area contributed by atoms with E-state index in [1.165, 1.54) is 0 Å². The maximum atomic E-state index is 12.1. The van der Waals surface area contributed by atoms with E-state index in [2.05, 4.69) is 15.3 Å². The minimum Gasteiger partial charge on any atom is -0.481 e. The molecule has 1 aromatic heterocycles. The second-order valence-corrected chi connectivity index (χ2v) is 6.14. The summed E-state index contributed by atoms with van der Waals surface area (Å²) in [6.45, 7) is 1.59. The molecule has 128 valence electrons. The molecule has 7 heteroatoms. The predicted molar refractivity (Wildman–Crippen MR) is 89.7 cm³/mol. The molecule has 2 aromatic rings. The molecule has 0 saturated carbocycles. The Morgan fingerprint density at radius 3 is 2.75 bits per heavy atom. The summed E-state index contributed by atoms with van der Waals surface area (Å²) < 4.78 is 0. The van der Waals surface area contributed by atoms with Gasteiger partial charge in [0.15, 0.2) is 0 Å². The quantitative estimate of drug-likeness (QED) is 0.730. The van der Waals surface area contributed by atoms with Gasteiger partial charge in [-0.05, 0) is 31.4 Å². The molecule has 2 heterocycles. The number of carbonyl (C=O) groups excluding carboxylic acids is 1. The highest BCUT2D eigenvalue weighted by molar-refractivity contribution is 5.75. The van der Waals surface area contributed by atoms with Crippen molar-refractivity contribution in [2.45, 2.75) is 25.7 Å². The zero-order valence-electron chi connectivity index (χ0n) is 13.5. The largest absolute Gasteiger partial charge is 0.481 e. The lowest BCUT2D eigenvalue weighted by atomic mass is 9.97. The predicted octanol–water partition coefficient (Wildman–Crippen LogP) is 2.00. The average molecular weight is 330 g/mol. The number of aryl methyl sites for hydroxylation is 1. The Labute approximate surface area is 140 Å². The van der Waals surface area contributed by atoms with Crippen LogP contribution in [0, 0.1) is 5.92 Å². The number of benzene rings is 1. The van der Waals surface area contributed by atoms with E-state index in [4.69, 9.17) is 5.11 Å². The number of amides is 2. The van der Waals surface area contributed by atoms with Gasteiger partial charge in [-0.2, -0.15) is 0 Å². The Morgan fingerprint density at radius 1 is 1.29 bits per heavy atom. The van der Waals surface area contributed by atoms with Crippen LogP contribution in [0.5, 0.6) is 0 Å². The topological polar surface area (TPSA) is 98.3 Å². The maximum Gasteiger partial charge on any atom is 0.317 e. The van der Waals surface area contributed by atoms with E-state index in [-0.39, 0.29) is 11.9 Å². The number of aliphatic carboxylic acids is 1. The number of aromatic amines is 1. The van der Waals surface area contributed by atoms with Gasteiger partial charge in [-0.3, -0.25) is 4.79 Å². The molecule has 7 nitrogen and oxygen atoms in total.